The molecule has 0 radical (unpaired) electrons. The number of nitrogens with zero attached hydrogens (tertiary/aromatic N) is 3. The van der Waals surface area contributed by atoms with Gasteiger partial charge in [-0.15, -0.1) is 5.10 Å². The molecule has 0 aromatic carbocycles. The summed E-state index contributed by atoms with van der Waals surface area (Å²) in [6.07, 6.45) is 15.1. The highest BCUT2D eigenvalue weighted by molar-refractivity contribution is 5.75. The van der Waals surface area contributed by atoms with Crippen molar-refractivity contribution in [3.8, 4) is 0 Å². The van der Waals surface area contributed by atoms with Gasteiger partial charge in [0.15, 0.2) is 0 Å². The zero-order chi connectivity index (χ0) is 22.7. The Hall–Kier alpha value is -1.23. The average Bonchev–Trinajstić information content (AvgIpc) is 3.39. The topological polar surface area (TPSA) is 68.0 Å². The van der Waals surface area contributed by atoms with Crippen LogP contribution in [0.5, 0.6) is 0 Å². The molecule has 5 unspecified atom stereocenters. The predicted octanol–water partition coefficient (Wildman–Crippen LogP) is 5.45. The van der Waals surface area contributed by atoms with Gasteiger partial charge in [0.2, 0.25) is 0 Å². The number of fused-ring (bicyclic) bond motifs is 5. The molecular weight excluding hydrogens is 398 g/mol. The fraction of sp³-hybridized carbons (Fsp3) is 0.889. The van der Waals surface area contributed by atoms with Crippen LogP contribution in [0.2, 0.25) is 0 Å². The van der Waals surface area contributed by atoms with Gasteiger partial charge >= 0.3 is 0 Å². The van der Waals surface area contributed by atoms with Crippen molar-refractivity contribution in [3.05, 3.63) is 12.4 Å². The number of aromatic nitrogens is 3. The number of aliphatic hydroxyl groups excluding tert-OH is 1. The molecule has 0 bridgehead atoms. The number of ketones is 1. The first-order valence-electron chi connectivity index (χ1n) is 13.3. The molecule has 1 heterocycles. The van der Waals surface area contributed by atoms with Crippen molar-refractivity contribution in [2.75, 3.05) is 0 Å². The number of aliphatic hydroxyl groups is 1. The van der Waals surface area contributed by atoms with Crippen LogP contribution in [-0.4, -0.2) is 32.0 Å². The molecule has 1 aromatic heterocycles. The third kappa shape index (κ3) is 3.49. The summed E-state index contributed by atoms with van der Waals surface area (Å²) in [5, 5.41) is 19.2. The fourth-order valence-corrected chi connectivity index (χ4v) is 9.49. The quantitative estimate of drug-likeness (QED) is 0.659. The number of hydrogen-bond acceptors (Lipinski definition) is 4. The summed E-state index contributed by atoms with van der Waals surface area (Å²) in [5.74, 6) is 4.35. The van der Waals surface area contributed by atoms with Gasteiger partial charge in [-0.2, -0.15) is 0 Å². The Labute approximate surface area is 193 Å². The second-order valence-corrected chi connectivity index (χ2v) is 12.6. The van der Waals surface area contributed by atoms with Crippen molar-refractivity contribution in [2.45, 2.75) is 104 Å². The third-order valence-corrected chi connectivity index (χ3v) is 11.1. The minimum absolute atomic E-state index is 0.132. The van der Waals surface area contributed by atoms with Crippen molar-refractivity contribution < 1.29 is 9.90 Å². The second kappa shape index (κ2) is 8.21. The first kappa shape index (κ1) is 22.6. The molecule has 10 atom stereocenters. The molecule has 0 amide bonds. The molecule has 4 aliphatic carbocycles. The number of carbonyl (C=O) groups excluding carboxylic acids is 1. The van der Waals surface area contributed by atoms with Crippen molar-refractivity contribution in [1.82, 2.24) is 15.0 Å². The maximum absolute atomic E-state index is 11.6. The van der Waals surface area contributed by atoms with Crippen molar-refractivity contribution in [1.29, 1.82) is 0 Å². The highest BCUT2D eigenvalue weighted by Gasteiger charge is 2.63. The van der Waals surface area contributed by atoms with E-state index in [2.05, 4.69) is 42.0 Å². The fourth-order valence-electron chi connectivity index (χ4n) is 9.49. The summed E-state index contributed by atoms with van der Waals surface area (Å²) >= 11 is 0. The van der Waals surface area contributed by atoms with E-state index in [1.165, 1.54) is 32.1 Å². The minimum atomic E-state index is -0.132. The molecule has 0 aliphatic heterocycles. The summed E-state index contributed by atoms with van der Waals surface area (Å²) in [4.78, 5) is 11.6. The first-order valence-corrected chi connectivity index (χ1v) is 13.3. The van der Waals surface area contributed by atoms with Crippen LogP contribution >= 0.6 is 0 Å². The van der Waals surface area contributed by atoms with E-state index in [1.54, 1.807) is 6.92 Å². The van der Waals surface area contributed by atoms with Gasteiger partial charge in [0.1, 0.15) is 5.78 Å². The van der Waals surface area contributed by atoms with Gasteiger partial charge in [0.25, 0.3) is 0 Å². The summed E-state index contributed by atoms with van der Waals surface area (Å²) in [5.41, 5.74) is 0.716. The van der Waals surface area contributed by atoms with Crippen molar-refractivity contribution >= 4 is 5.78 Å². The van der Waals surface area contributed by atoms with E-state index in [4.69, 9.17) is 0 Å². The molecule has 0 spiro atoms. The maximum atomic E-state index is 11.6. The molecule has 178 valence electrons. The lowest BCUT2D eigenvalue weighted by molar-refractivity contribution is -0.151. The van der Waals surface area contributed by atoms with E-state index < -0.39 is 0 Å². The largest absolute Gasteiger partial charge is 0.393 e. The summed E-state index contributed by atoms with van der Waals surface area (Å²) in [6.45, 7) is 9.29. The predicted molar refractivity (Wildman–Crippen MR) is 125 cm³/mol. The maximum Gasteiger partial charge on any atom is 0.129 e. The smallest absolute Gasteiger partial charge is 0.129 e. The molecule has 4 saturated carbocycles. The first-order chi connectivity index (χ1) is 15.2. The Bertz CT molecular complexity index is 825. The van der Waals surface area contributed by atoms with Crippen molar-refractivity contribution in [3.63, 3.8) is 0 Å². The van der Waals surface area contributed by atoms with Crippen LogP contribution in [0.1, 0.15) is 97.9 Å². The molecule has 1 aromatic rings. The van der Waals surface area contributed by atoms with Gasteiger partial charge in [0, 0.05) is 12.6 Å². The van der Waals surface area contributed by atoms with Crippen LogP contribution in [0.15, 0.2) is 12.4 Å². The monoisotopic (exact) mass is 441 g/mol. The van der Waals surface area contributed by atoms with E-state index in [9.17, 15) is 9.90 Å². The van der Waals surface area contributed by atoms with Crippen LogP contribution in [-0.2, 0) is 4.79 Å². The van der Waals surface area contributed by atoms with Gasteiger partial charge in [-0.25, -0.2) is 4.68 Å². The number of hydrogen-bond donors (Lipinski definition) is 1. The molecule has 4 aliphatic rings. The number of rotatable bonds is 5. The zero-order valence-electron chi connectivity index (χ0n) is 20.5. The van der Waals surface area contributed by atoms with Gasteiger partial charge in [-0.3, -0.25) is 0 Å². The number of carbonyl (C=O) groups is 1. The zero-order valence-corrected chi connectivity index (χ0v) is 20.5. The average molecular weight is 442 g/mol. The minimum Gasteiger partial charge on any atom is -0.393 e. The molecule has 5 heteroatoms. The molecule has 0 saturated heterocycles. The van der Waals surface area contributed by atoms with E-state index >= 15 is 0 Å². The highest BCUT2D eigenvalue weighted by atomic mass is 16.3. The van der Waals surface area contributed by atoms with Gasteiger partial charge in [0.05, 0.1) is 18.3 Å². The standard InChI is InChI=1S/C27H43N3O2/c1-17(5-6-18(2)31)21-7-8-22-25-23(10-12-27(21,22)4)26(3)11-9-20(32)15-19(26)16-24(25)30-14-13-28-29-30/h13-14,17,19-25,32H,5-12,15-16H2,1-4H3/t17-,19?,20-,21-,22?,23?,24?,25?,26+,27-/m1/s1. The van der Waals surface area contributed by atoms with Gasteiger partial charge in [-0.1, -0.05) is 26.0 Å². The summed E-state index contributed by atoms with van der Waals surface area (Å²) in [7, 11) is 0. The Balaban J connectivity index is 1.47. The van der Waals surface area contributed by atoms with Gasteiger partial charge < -0.3 is 9.90 Å². The van der Waals surface area contributed by atoms with Gasteiger partial charge in [-0.05, 0) is 111 Å². The summed E-state index contributed by atoms with van der Waals surface area (Å²) in [6, 6.07) is 0.404. The molecule has 32 heavy (non-hydrogen) atoms. The highest BCUT2D eigenvalue weighted by Crippen LogP contribution is 2.70. The van der Waals surface area contributed by atoms with E-state index in [0.29, 0.717) is 46.3 Å². The van der Waals surface area contributed by atoms with Crippen molar-refractivity contribution in [2.24, 2.45) is 46.3 Å². The Morgan fingerprint density at radius 1 is 1.12 bits per heavy atom. The SMILES string of the molecule is CC(=O)CC[C@@H](C)[C@H]1CCC2C3C(n4ccnn4)CC4C[C@H](O)CC[C@]4(C)C3CC[C@@]21C. The normalized spacial score (nSPS) is 46.7. The van der Waals surface area contributed by atoms with Crippen LogP contribution in [0.4, 0.5) is 0 Å². The lowest BCUT2D eigenvalue weighted by Crippen LogP contribution is -2.57. The Kier molecular flexibility index (Phi) is 5.79. The van der Waals surface area contributed by atoms with Crippen LogP contribution < -0.4 is 0 Å². The third-order valence-electron chi connectivity index (χ3n) is 11.1. The van der Waals surface area contributed by atoms with Crippen LogP contribution in [0.3, 0.4) is 0 Å². The van der Waals surface area contributed by atoms with E-state index in [0.717, 1.165) is 43.9 Å². The molecule has 5 rings (SSSR count). The van der Waals surface area contributed by atoms with E-state index in [1.807, 2.05) is 6.20 Å². The van der Waals surface area contributed by atoms with Crippen LogP contribution in [0, 0.1) is 46.3 Å². The second-order valence-electron chi connectivity index (χ2n) is 12.6. The lowest BCUT2D eigenvalue weighted by atomic mass is 9.43. The summed E-state index contributed by atoms with van der Waals surface area (Å²) < 4.78 is 2.18. The molecule has 5 nitrogen and oxygen atoms in total. The van der Waals surface area contributed by atoms with E-state index in [-0.39, 0.29) is 6.10 Å². The van der Waals surface area contributed by atoms with Crippen LogP contribution in [0.25, 0.3) is 0 Å². The molecule has 4 fully saturated rings. The Morgan fingerprint density at radius 2 is 1.88 bits per heavy atom. The molecular formula is C27H43N3O2. The Morgan fingerprint density at radius 3 is 2.59 bits per heavy atom. The molecule has 1 N–H and O–H groups in total. The number of Topliss-reactive ketones (excluding diaryl/α,β-unsaturated/α-hetero) is 1. The lowest BCUT2D eigenvalue weighted by Gasteiger charge is -2.63.